The highest BCUT2D eigenvalue weighted by Crippen LogP contribution is 2.01. The molecule has 0 fully saturated rings. The zero-order valence-corrected chi connectivity index (χ0v) is 11.0. The van der Waals surface area contributed by atoms with Gasteiger partial charge in [-0.2, -0.15) is 0 Å². The fraction of sp³-hybridized carbons (Fsp3) is 0.538. The number of hydrogen-bond acceptors (Lipinski definition) is 5. The number of hydrogen-bond donors (Lipinski definition) is 1. The van der Waals surface area contributed by atoms with Crippen molar-refractivity contribution in [3.05, 3.63) is 23.8 Å². The minimum absolute atomic E-state index is 0.140. The predicted molar refractivity (Wildman–Crippen MR) is 68.8 cm³/mol. The molecule has 0 aliphatic carbocycles. The molecule has 0 aromatic rings. The molecule has 0 rings (SSSR count). The molecule has 0 aromatic heterocycles. The molecule has 0 atom stereocenters. The lowest BCUT2D eigenvalue weighted by Crippen LogP contribution is -2.17. The Kier molecular flexibility index (Phi) is 9.58. The molecule has 0 saturated heterocycles. The second kappa shape index (κ2) is 10.5. The van der Waals surface area contributed by atoms with Crippen LogP contribution in [0.15, 0.2) is 23.8 Å². The van der Waals surface area contributed by atoms with Crippen LogP contribution >= 0.6 is 0 Å². The number of ether oxygens (including phenoxy) is 2. The van der Waals surface area contributed by atoms with E-state index >= 15 is 0 Å². The highest BCUT2D eigenvalue weighted by Gasteiger charge is 2.04. The number of rotatable bonds is 8. The summed E-state index contributed by atoms with van der Waals surface area (Å²) in [5.41, 5.74) is 6.00. The van der Waals surface area contributed by atoms with E-state index in [-0.39, 0.29) is 32.1 Å². The van der Waals surface area contributed by atoms with Crippen molar-refractivity contribution in [3.8, 4) is 0 Å². The van der Waals surface area contributed by atoms with Gasteiger partial charge in [0.05, 0.1) is 13.2 Å². The Morgan fingerprint density at radius 1 is 1.17 bits per heavy atom. The lowest BCUT2D eigenvalue weighted by atomic mass is 10.2. The summed E-state index contributed by atoms with van der Waals surface area (Å²) in [6.07, 6.45) is 6.33. The fourth-order valence-corrected chi connectivity index (χ4v) is 1.14. The van der Waals surface area contributed by atoms with Gasteiger partial charge in [-0.05, 0) is 25.8 Å². The van der Waals surface area contributed by atoms with E-state index in [1.807, 2.05) is 32.1 Å². The predicted octanol–water partition coefficient (Wildman–Crippen LogP) is 1.33. The van der Waals surface area contributed by atoms with Crippen molar-refractivity contribution in [2.75, 3.05) is 19.8 Å². The van der Waals surface area contributed by atoms with Gasteiger partial charge in [-0.3, -0.25) is 9.59 Å². The van der Waals surface area contributed by atoms with Gasteiger partial charge < -0.3 is 15.2 Å². The van der Waals surface area contributed by atoms with Gasteiger partial charge >= 0.3 is 11.9 Å². The Morgan fingerprint density at radius 3 is 2.44 bits per heavy atom. The maximum absolute atomic E-state index is 11.3. The van der Waals surface area contributed by atoms with E-state index in [1.165, 1.54) is 0 Å². The van der Waals surface area contributed by atoms with Gasteiger partial charge in [0, 0.05) is 6.42 Å². The standard InChI is InChI=1S/C13H21NO4/c1-3-6-11(4-2)10-18-12(15)7-5-8-17-13(16)9-14/h3-4,6H,5,7-10,14H2,1-2H3/b6-3-,11-4+. The number of carbonyl (C=O) groups excluding carboxylic acids is 2. The molecule has 0 aliphatic rings. The molecule has 2 N–H and O–H groups in total. The van der Waals surface area contributed by atoms with E-state index in [4.69, 9.17) is 15.2 Å². The zero-order chi connectivity index (χ0) is 13.8. The first kappa shape index (κ1) is 16.4. The van der Waals surface area contributed by atoms with Gasteiger partial charge in [-0.25, -0.2) is 0 Å². The van der Waals surface area contributed by atoms with Gasteiger partial charge in [0.2, 0.25) is 0 Å². The summed E-state index contributed by atoms with van der Waals surface area (Å²) in [5, 5.41) is 0. The fourth-order valence-electron chi connectivity index (χ4n) is 1.14. The van der Waals surface area contributed by atoms with Crippen LogP contribution in [0.25, 0.3) is 0 Å². The van der Waals surface area contributed by atoms with Crippen LogP contribution in [0, 0.1) is 0 Å². The Bertz CT molecular complexity index is 321. The molecule has 5 heteroatoms. The third-order valence-corrected chi connectivity index (χ3v) is 2.11. The molecular formula is C13H21NO4. The largest absolute Gasteiger partial charge is 0.465 e. The normalized spacial score (nSPS) is 11.6. The summed E-state index contributed by atoms with van der Waals surface area (Å²) in [6, 6.07) is 0. The first-order chi connectivity index (χ1) is 8.63. The molecule has 5 nitrogen and oxygen atoms in total. The second-order valence-electron chi connectivity index (χ2n) is 3.55. The first-order valence-corrected chi connectivity index (χ1v) is 5.93. The third-order valence-electron chi connectivity index (χ3n) is 2.11. The van der Waals surface area contributed by atoms with Crippen molar-refractivity contribution in [2.45, 2.75) is 26.7 Å². The number of esters is 2. The van der Waals surface area contributed by atoms with Crippen LogP contribution in [0.1, 0.15) is 26.7 Å². The number of nitrogens with two attached hydrogens (primary N) is 1. The average Bonchev–Trinajstić information content (AvgIpc) is 2.39. The molecule has 0 bridgehead atoms. The molecular weight excluding hydrogens is 234 g/mol. The summed E-state index contributed by atoms with van der Waals surface area (Å²) < 4.78 is 9.79. The van der Waals surface area contributed by atoms with Crippen LogP contribution in [0.3, 0.4) is 0 Å². The van der Waals surface area contributed by atoms with Crippen LogP contribution in [0.5, 0.6) is 0 Å². The van der Waals surface area contributed by atoms with Crippen molar-refractivity contribution >= 4 is 11.9 Å². The van der Waals surface area contributed by atoms with E-state index < -0.39 is 5.97 Å². The Hall–Kier alpha value is -1.62. The third kappa shape index (κ3) is 8.52. The molecule has 0 aliphatic heterocycles. The highest BCUT2D eigenvalue weighted by atomic mass is 16.5. The van der Waals surface area contributed by atoms with Crippen molar-refractivity contribution in [3.63, 3.8) is 0 Å². The monoisotopic (exact) mass is 255 g/mol. The molecule has 0 spiro atoms. The van der Waals surface area contributed by atoms with E-state index in [1.54, 1.807) is 0 Å². The highest BCUT2D eigenvalue weighted by molar-refractivity contribution is 5.71. The van der Waals surface area contributed by atoms with Crippen LogP contribution in [-0.2, 0) is 19.1 Å². The molecule has 102 valence electrons. The van der Waals surface area contributed by atoms with Gasteiger partial charge in [0.15, 0.2) is 0 Å². The Labute approximate surface area is 108 Å². The van der Waals surface area contributed by atoms with Crippen molar-refractivity contribution in [2.24, 2.45) is 5.73 Å². The molecule has 0 radical (unpaired) electrons. The Balaban J connectivity index is 3.69. The molecule has 0 aromatic carbocycles. The zero-order valence-electron chi connectivity index (χ0n) is 11.0. The smallest absolute Gasteiger partial charge is 0.319 e. The van der Waals surface area contributed by atoms with Gasteiger partial charge in [0.1, 0.15) is 6.61 Å². The Morgan fingerprint density at radius 2 is 1.89 bits per heavy atom. The molecule has 0 saturated carbocycles. The van der Waals surface area contributed by atoms with E-state index in [0.717, 1.165) is 5.57 Å². The lowest BCUT2D eigenvalue weighted by molar-refractivity contribution is -0.146. The van der Waals surface area contributed by atoms with E-state index in [0.29, 0.717) is 6.42 Å². The van der Waals surface area contributed by atoms with Crippen molar-refractivity contribution in [1.82, 2.24) is 0 Å². The molecule has 0 amide bonds. The first-order valence-electron chi connectivity index (χ1n) is 5.93. The maximum Gasteiger partial charge on any atom is 0.319 e. The van der Waals surface area contributed by atoms with Crippen LogP contribution in [-0.4, -0.2) is 31.7 Å². The van der Waals surface area contributed by atoms with Crippen LogP contribution in [0.4, 0.5) is 0 Å². The van der Waals surface area contributed by atoms with Crippen molar-refractivity contribution < 1.29 is 19.1 Å². The minimum Gasteiger partial charge on any atom is -0.465 e. The SMILES string of the molecule is C/C=C\C(=C/C)COC(=O)CCCOC(=O)CN. The van der Waals surface area contributed by atoms with E-state index in [2.05, 4.69) is 0 Å². The summed E-state index contributed by atoms with van der Waals surface area (Å²) in [4.78, 5) is 22.0. The average molecular weight is 255 g/mol. The molecule has 0 heterocycles. The lowest BCUT2D eigenvalue weighted by Gasteiger charge is -2.06. The van der Waals surface area contributed by atoms with Gasteiger partial charge in [-0.1, -0.05) is 18.2 Å². The van der Waals surface area contributed by atoms with Gasteiger partial charge in [-0.15, -0.1) is 0 Å². The summed E-state index contributed by atoms with van der Waals surface area (Å²) >= 11 is 0. The molecule has 18 heavy (non-hydrogen) atoms. The topological polar surface area (TPSA) is 78.6 Å². The van der Waals surface area contributed by atoms with Crippen LogP contribution in [0.2, 0.25) is 0 Å². The minimum atomic E-state index is -0.465. The number of carbonyl (C=O) groups is 2. The summed E-state index contributed by atoms with van der Waals surface area (Å²) in [6.45, 7) is 4.10. The van der Waals surface area contributed by atoms with E-state index in [9.17, 15) is 9.59 Å². The second-order valence-corrected chi connectivity index (χ2v) is 3.55. The summed E-state index contributed by atoms with van der Waals surface area (Å²) in [5.74, 6) is -0.768. The summed E-state index contributed by atoms with van der Waals surface area (Å²) in [7, 11) is 0. The van der Waals surface area contributed by atoms with Crippen molar-refractivity contribution in [1.29, 1.82) is 0 Å². The van der Waals surface area contributed by atoms with Crippen LogP contribution < -0.4 is 5.73 Å². The quantitative estimate of drug-likeness (QED) is 0.402. The molecule has 0 unspecified atom stereocenters. The van der Waals surface area contributed by atoms with Gasteiger partial charge in [0.25, 0.3) is 0 Å². The maximum atomic E-state index is 11.3. The number of allylic oxidation sites excluding steroid dienone is 2.